The molecular formula is C13H14F3NO3S. The van der Waals surface area contributed by atoms with Crippen molar-refractivity contribution in [1.29, 1.82) is 0 Å². The second-order valence-corrected chi connectivity index (χ2v) is 6.10. The highest BCUT2D eigenvalue weighted by Crippen LogP contribution is 2.40. The number of fused-ring (bicyclic) bond motifs is 1. The molecule has 0 spiro atoms. The van der Waals surface area contributed by atoms with Gasteiger partial charge in [-0.05, 0) is 30.7 Å². The number of hydrogen-bond acceptors (Lipinski definition) is 4. The quantitative estimate of drug-likeness (QED) is 0.851. The summed E-state index contributed by atoms with van der Waals surface area (Å²) in [5.74, 6) is -2.41. The maximum absolute atomic E-state index is 12.4. The third-order valence-corrected chi connectivity index (χ3v) is 4.56. The summed E-state index contributed by atoms with van der Waals surface area (Å²) in [7, 11) is 1.16. The van der Waals surface area contributed by atoms with Crippen LogP contribution in [0.4, 0.5) is 18.2 Å². The summed E-state index contributed by atoms with van der Waals surface area (Å²) < 4.78 is 41.7. The van der Waals surface area contributed by atoms with Gasteiger partial charge in [0.2, 0.25) is 0 Å². The zero-order chi connectivity index (χ0) is 15.8. The van der Waals surface area contributed by atoms with Gasteiger partial charge in [-0.15, -0.1) is 11.3 Å². The number of amides is 1. The largest absolute Gasteiger partial charge is 0.471 e. The van der Waals surface area contributed by atoms with Crippen LogP contribution in [-0.2, 0) is 22.4 Å². The summed E-state index contributed by atoms with van der Waals surface area (Å²) in [6, 6.07) is 0. The van der Waals surface area contributed by atoms with Gasteiger partial charge in [0.05, 0.1) is 12.7 Å². The van der Waals surface area contributed by atoms with Crippen molar-refractivity contribution in [1.82, 2.24) is 0 Å². The number of esters is 1. The van der Waals surface area contributed by atoms with Crippen LogP contribution in [0, 0.1) is 5.92 Å². The molecule has 4 nitrogen and oxygen atoms in total. The van der Waals surface area contributed by atoms with Crippen molar-refractivity contribution in [2.24, 2.45) is 5.92 Å². The lowest BCUT2D eigenvalue weighted by atomic mass is 9.88. The Kier molecular flexibility index (Phi) is 4.27. The number of nitrogens with one attached hydrogen (secondary N) is 1. The molecule has 116 valence electrons. The average molecular weight is 321 g/mol. The molecule has 0 aliphatic heterocycles. The molecule has 21 heavy (non-hydrogen) atoms. The van der Waals surface area contributed by atoms with E-state index in [-0.39, 0.29) is 10.6 Å². The topological polar surface area (TPSA) is 55.4 Å². The number of alkyl halides is 3. The third-order valence-electron chi connectivity index (χ3n) is 3.39. The number of methoxy groups -OCH3 is 1. The first-order valence-electron chi connectivity index (χ1n) is 6.35. The van der Waals surface area contributed by atoms with Crippen LogP contribution in [0.5, 0.6) is 0 Å². The van der Waals surface area contributed by atoms with E-state index in [0.29, 0.717) is 24.3 Å². The van der Waals surface area contributed by atoms with Gasteiger partial charge in [-0.3, -0.25) is 4.79 Å². The molecule has 1 atom stereocenters. The van der Waals surface area contributed by atoms with Gasteiger partial charge in [0.15, 0.2) is 0 Å². The molecule has 0 saturated heterocycles. The van der Waals surface area contributed by atoms with Crippen LogP contribution in [0.1, 0.15) is 34.1 Å². The molecule has 1 aliphatic carbocycles. The Labute approximate surface area is 123 Å². The summed E-state index contributed by atoms with van der Waals surface area (Å²) in [5, 5.41) is 1.71. The highest BCUT2D eigenvalue weighted by molar-refractivity contribution is 7.17. The summed E-state index contributed by atoms with van der Waals surface area (Å²) >= 11 is 1.02. The van der Waals surface area contributed by atoms with Crippen LogP contribution < -0.4 is 5.32 Å². The van der Waals surface area contributed by atoms with Crippen molar-refractivity contribution in [3.8, 4) is 0 Å². The first-order valence-corrected chi connectivity index (χ1v) is 7.16. The standard InChI is InChI=1S/C13H14F3NO3S/c1-6-3-4-7-8(5-6)21-10(9(7)11(18)20-2)17-12(19)13(14,15)16/h6H,3-5H2,1-2H3,(H,17,19)/t6-/m0/s1. The molecular weight excluding hydrogens is 307 g/mol. The molecule has 1 aromatic rings. The van der Waals surface area contributed by atoms with Crippen molar-refractivity contribution >= 4 is 28.2 Å². The molecule has 0 radical (unpaired) electrons. The van der Waals surface area contributed by atoms with Crippen LogP contribution in [0.2, 0.25) is 0 Å². The Hall–Kier alpha value is -1.57. The second-order valence-electron chi connectivity index (χ2n) is 5.00. The van der Waals surface area contributed by atoms with Crippen molar-refractivity contribution in [2.45, 2.75) is 32.4 Å². The zero-order valence-electron chi connectivity index (χ0n) is 11.5. The number of ether oxygens (including phenoxy) is 1. The average Bonchev–Trinajstić information content (AvgIpc) is 2.73. The lowest BCUT2D eigenvalue weighted by Gasteiger charge is -2.18. The first-order chi connectivity index (χ1) is 9.74. The number of thiophene rings is 1. The fourth-order valence-electron chi connectivity index (χ4n) is 2.33. The van der Waals surface area contributed by atoms with E-state index in [9.17, 15) is 22.8 Å². The first kappa shape index (κ1) is 15.8. The van der Waals surface area contributed by atoms with Crippen molar-refractivity contribution < 1.29 is 27.5 Å². The maximum atomic E-state index is 12.4. The minimum Gasteiger partial charge on any atom is -0.465 e. The van der Waals surface area contributed by atoms with Crippen LogP contribution >= 0.6 is 11.3 Å². The molecule has 1 amide bonds. The number of carbonyl (C=O) groups is 2. The second kappa shape index (κ2) is 5.67. The fourth-order valence-corrected chi connectivity index (χ4v) is 3.72. The summed E-state index contributed by atoms with van der Waals surface area (Å²) in [6.45, 7) is 2.04. The molecule has 1 heterocycles. The van der Waals surface area contributed by atoms with Gasteiger partial charge in [0, 0.05) is 4.88 Å². The van der Waals surface area contributed by atoms with Gasteiger partial charge >= 0.3 is 18.1 Å². The number of rotatable bonds is 2. The van der Waals surface area contributed by atoms with Gasteiger partial charge in [-0.1, -0.05) is 6.92 Å². The Bertz CT molecular complexity index is 580. The Morgan fingerprint density at radius 1 is 1.38 bits per heavy atom. The SMILES string of the molecule is COC(=O)c1c(NC(=O)C(F)(F)F)sc2c1CC[C@H](C)C2. The lowest BCUT2D eigenvalue weighted by Crippen LogP contribution is -2.30. The van der Waals surface area contributed by atoms with Crippen LogP contribution in [0.15, 0.2) is 0 Å². The third kappa shape index (κ3) is 3.20. The van der Waals surface area contributed by atoms with E-state index in [0.717, 1.165) is 29.7 Å². The number of hydrogen-bond donors (Lipinski definition) is 1. The zero-order valence-corrected chi connectivity index (χ0v) is 12.3. The van der Waals surface area contributed by atoms with Gasteiger partial charge in [0.1, 0.15) is 5.00 Å². The van der Waals surface area contributed by atoms with E-state index >= 15 is 0 Å². The van der Waals surface area contributed by atoms with E-state index < -0.39 is 18.1 Å². The fraction of sp³-hybridized carbons (Fsp3) is 0.538. The lowest BCUT2D eigenvalue weighted by molar-refractivity contribution is -0.167. The van der Waals surface area contributed by atoms with Crippen LogP contribution in [0.3, 0.4) is 0 Å². The van der Waals surface area contributed by atoms with Gasteiger partial charge in [-0.2, -0.15) is 13.2 Å². The number of halogens is 3. The molecule has 0 bridgehead atoms. The summed E-state index contributed by atoms with van der Waals surface area (Å²) in [4.78, 5) is 23.8. The number of anilines is 1. The molecule has 1 aromatic heterocycles. The highest BCUT2D eigenvalue weighted by Gasteiger charge is 2.40. The number of carbonyl (C=O) groups excluding carboxylic acids is 2. The minimum absolute atomic E-state index is 0.0574. The molecule has 0 saturated carbocycles. The van der Waals surface area contributed by atoms with Gasteiger partial charge < -0.3 is 10.1 Å². The van der Waals surface area contributed by atoms with Crippen LogP contribution in [0.25, 0.3) is 0 Å². The Balaban J connectivity index is 2.41. The monoisotopic (exact) mass is 321 g/mol. The normalized spacial score (nSPS) is 18.0. The predicted octanol–water partition coefficient (Wildman–Crippen LogP) is 3.16. The summed E-state index contributed by atoms with van der Waals surface area (Å²) in [6.07, 6.45) is -2.86. The smallest absolute Gasteiger partial charge is 0.465 e. The van der Waals surface area contributed by atoms with Gasteiger partial charge in [-0.25, -0.2) is 4.79 Å². The van der Waals surface area contributed by atoms with E-state index in [2.05, 4.69) is 4.74 Å². The van der Waals surface area contributed by atoms with E-state index in [4.69, 9.17) is 0 Å². The van der Waals surface area contributed by atoms with Crippen molar-refractivity contribution in [3.63, 3.8) is 0 Å². The molecule has 0 aromatic carbocycles. The Morgan fingerprint density at radius 3 is 2.62 bits per heavy atom. The Morgan fingerprint density at radius 2 is 2.05 bits per heavy atom. The minimum atomic E-state index is -4.99. The molecule has 8 heteroatoms. The predicted molar refractivity (Wildman–Crippen MR) is 71.5 cm³/mol. The summed E-state index contributed by atoms with van der Waals surface area (Å²) in [5.41, 5.74) is 0.754. The van der Waals surface area contributed by atoms with Gasteiger partial charge in [0.25, 0.3) is 0 Å². The van der Waals surface area contributed by atoms with E-state index in [1.165, 1.54) is 0 Å². The maximum Gasteiger partial charge on any atom is 0.471 e. The van der Waals surface area contributed by atoms with Crippen molar-refractivity contribution in [2.75, 3.05) is 12.4 Å². The molecule has 1 N–H and O–H groups in total. The van der Waals surface area contributed by atoms with E-state index in [1.807, 2.05) is 6.92 Å². The highest BCUT2D eigenvalue weighted by atomic mass is 32.1. The van der Waals surface area contributed by atoms with Crippen molar-refractivity contribution in [3.05, 3.63) is 16.0 Å². The molecule has 1 aliphatic rings. The van der Waals surface area contributed by atoms with Crippen LogP contribution in [-0.4, -0.2) is 25.2 Å². The molecule has 0 fully saturated rings. The molecule has 2 rings (SSSR count). The molecule has 0 unspecified atom stereocenters. The van der Waals surface area contributed by atoms with E-state index in [1.54, 1.807) is 5.32 Å².